The van der Waals surface area contributed by atoms with Crippen LogP contribution in [0.1, 0.15) is 63.7 Å². The van der Waals surface area contributed by atoms with E-state index >= 15 is 0 Å². The van der Waals surface area contributed by atoms with Crippen LogP contribution in [0.25, 0.3) is 0 Å². The Kier molecular flexibility index (Phi) is 7.31. The lowest BCUT2D eigenvalue weighted by atomic mass is 9.72. The maximum Gasteiger partial charge on any atom is 0.338 e. The molecule has 2 amide bonds. The molecule has 152 valence electrons. The molecule has 1 aromatic carbocycles. The average molecular weight is 387 g/mol. The molecular weight excluding hydrogens is 358 g/mol. The summed E-state index contributed by atoms with van der Waals surface area (Å²) in [4.78, 5) is 35.6. The normalized spacial score (nSPS) is 16.9. The second kappa shape index (κ2) is 9.48. The molecule has 1 aliphatic rings. The number of amides is 2. The Balaban J connectivity index is 1.83. The van der Waals surface area contributed by atoms with Gasteiger partial charge in [0.2, 0.25) is 0 Å². The molecule has 2 rings (SSSR count). The highest BCUT2D eigenvalue weighted by molar-refractivity contribution is 6.39. The number of hydrazone groups is 1. The van der Waals surface area contributed by atoms with Crippen LogP contribution in [0.2, 0.25) is 0 Å². The Hall–Kier alpha value is -2.70. The van der Waals surface area contributed by atoms with Crippen molar-refractivity contribution < 1.29 is 19.1 Å². The lowest BCUT2D eigenvalue weighted by Crippen LogP contribution is -2.34. The van der Waals surface area contributed by atoms with Crippen molar-refractivity contribution in [3.63, 3.8) is 0 Å². The maximum absolute atomic E-state index is 12.0. The fourth-order valence-electron chi connectivity index (χ4n) is 3.20. The van der Waals surface area contributed by atoms with Crippen LogP contribution in [-0.2, 0) is 14.3 Å². The van der Waals surface area contributed by atoms with Gasteiger partial charge in [0.05, 0.1) is 12.2 Å². The third-order valence-corrected chi connectivity index (χ3v) is 4.96. The molecule has 0 bridgehead atoms. The van der Waals surface area contributed by atoms with Crippen molar-refractivity contribution in [2.75, 3.05) is 11.9 Å². The summed E-state index contributed by atoms with van der Waals surface area (Å²) in [7, 11) is 0. The third-order valence-electron chi connectivity index (χ3n) is 4.96. The van der Waals surface area contributed by atoms with Gasteiger partial charge in [0.1, 0.15) is 0 Å². The summed E-state index contributed by atoms with van der Waals surface area (Å²) in [6.07, 6.45) is 3.74. The van der Waals surface area contributed by atoms with Gasteiger partial charge in [-0.15, -0.1) is 0 Å². The number of hydrogen-bond donors (Lipinski definition) is 2. The standard InChI is InChI=1S/C21H29N3O4/c1-5-28-20(27)14-6-10-16(11-7-14)22-18(25)19(26)24-23-17-12-8-15(9-13-17)21(2,3)4/h6-7,10-11,15H,5,8-9,12-13H2,1-4H3,(H,22,25)(H,24,26). The predicted octanol–water partition coefficient (Wildman–Crippen LogP) is 3.51. The number of nitrogens with one attached hydrogen (secondary N) is 2. The first kappa shape index (κ1) is 21.6. The van der Waals surface area contributed by atoms with Gasteiger partial charge in [-0.2, -0.15) is 5.10 Å². The van der Waals surface area contributed by atoms with Crippen molar-refractivity contribution in [2.45, 2.75) is 53.4 Å². The van der Waals surface area contributed by atoms with E-state index in [1.54, 1.807) is 6.92 Å². The average Bonchev–Trinajstić information content (AvgIpc) is 2.66. The largest absolute Gasteiger partial charge is 0.462 e. The number of rotatable bonds is 4. The van der Waals surface area contributed by atoms with Gasteiger partial charge in [-0.05, 0) is 68.2 Å². The van der Waals surface area contributed by atoms with Gasteiger partial charge in [0.15, 0.2) is 0 Å². The molecule has 0 radical (unpaired) electrons. The number of carbonyl (C=O) groups excluding carboxylic acids is 3. The zero-order valence-corrected chi connectivity index (χ0v) is 17.0. The summed E-state index contributed by atoms with van der Waals surface area (Å²) < 4.78 is 4.90. The van der Waals surface area contributed by atoms with Crippen molar-refractivity contribution in [1.82, 2.24) is 5.43 Å². The second-order valence-electron chi connectivity index (χ2n) is 8.01. The van der Waals surface area contributed by atoms with E-state index in [1.165, 1.54) is 24.3 Å². The predicted molar refractivity (Wildman–Crippen MR) is 108 cm³/mol. The van der Waals surface area contributed by atoms with Crippen molar-refractivity contribution in [2.24, 2.45) is 16.4 Å². The van der Waals surface area contributed by atoms with Crippen molar-refractivity contribution in [3.8, 4) is 0 Å². The monoisotopic (exact) mass is 387 g/mol. The first-order valence-electron chi connectivity index (χ1n) is 9.64. The third kappa shape index (κ3) is 6.18. The molecule has 0 saturated heterocycles. The number of esters is 1. The van der Waals surface area contributed by atoms with Crippen LogP contribution in [-0.4, -0.2) is 30.1 Å². The maximum atomic E-state index is 12.0. The van der Waals surface area contributed by atoms with Crippen LogP contribution >= 0.6 is 0 Å². The van der Waals surface area contributed by atoms with E-state index in [0.29, 0.717) is 17.2 Å². The molecular formula is C21H29N3O4. The van der Waals surface area contributed by atoms with Gasteiger partial charge in [0, 0.05) is 11.4 Å². The summed E-state index contributed by atoms with van der Waals surface area (Å²) in [6.45, 7) is 8.74. The first-order valence-corrected chi connectivity index (χ1v) is 9.64. The molecule has 28 heavy (non-hydrogen) atoms. The van der Waals surface area contributed by atoms with Crippen LogP contribution < -0.4 is 10.7 Å². The number of nitrogens with zero attached hydrogens (tertiary/aromatic N) is 1. The summed E-state index contributed by atoms with van der Waals surface area (Å²) in [5.41, 5.74) is 4.31. The highest BCUT2D eigenvalue weighted by Gasteiger charge is 2.28. The minimum absolute atomic E-state index is 0.275. The molecule has 1 saturated carbocycles. The molecule has 0 atom stereocenters. The lowest BCUT2D eigenvalue weighted by molar-refractivity contribution is -0.136. The summed E-state index contributed by atoms with van der Waals surface area (Å²) >= 11 is 0. The number of hydrogen-bond acceptors (Lipinski definition) is 5. The molecule has 0 spiro atoms. The first-order chi connectivity index (χ1) is 13.2. The van der Waals surface area contributed by atoms with Crippen LogP contribution in [0.3, 0.4) is 0 Å². The van der Waals surface area contributed by atoms with Crippen molar-refractivity contribution in [1.29, 1.82) is 0 Å². The number of ether oxygens (including phenoxy) is 1. The van der Waals surface area contributed by atoms with E-state index in [2.05, 4.69) is 36.6 Å². The molecule has 0 heterocycles. The smallest absolute Gasteiger partial charge is 0.338 e. The number of anilines is 1. The molecule has 0 aliphatic heterocycles. The SMILES string of the molecule is CCOC(=O)c1ccc(NC(=O)C(=O)NN=C2CCC(C(C)(C)C)CC2)cc1. The number of benzene rings is 1. The zero-order chi connectivity index (χ0) is 20.7. The Morgan fingerprint density at radius 1 is 1.07 bits per heavy atom. The second-order valence-corrected chi connectivity index (χ2v) is 8.01. The van der Waals surface area contributed by atoms with E-state index in [4.69, 9.17) is 4.74 Å². The molecule has 0 aromatic heterocycles. The van der Waals surface area contributed by atoms with Gasteiger partial charge < -0.3 is 10.1 Å². The van der Waals surface area contributed by atoms with Gasteiger partial charge in [-0.1, -0.05) is 20.8 Å². The van der Waals surface area contributed by atoms with Crippen LogP contribution in [0.15, 0.2) is 29.4 Å². The Labute approximate surface area is 165 Å². The number of carbonyl (C=O) groups is 3. The van der Waals surface area contributed by atoms with Crippen LogP contribution in [0.4, 0.5) is 5.69 Å². The van der Waals surface area contributed by atoms with E-state index in [-0.39, 0.29) is 12.0 Å². The quantitative estimate of drug-likeness (QED) is 0.469. The molecule has 1 aliphatic carbocycles. The fraction of sp³-hybridized carbons (Fsp3) is 0.524. The topological polar surface area (TPSA) is 96.9 Å². The van der Waals surface area contributed by atoms with Gasteiger partial charge in [-0.3, -0.25) is 9.59 Å². The van der Waals surface area contributed by atoms with Gasteiger partial charge in [0.25, 0.3) is 0 Å². The van der Waals surface area contributed by atoms with Crippen LogP contribution in [0, 0.1) is 11.3 Å². The Morgan fingerprint density at radius 3 is 2.21 bits per heavy atom. The molecule has 1 aromatic rings. The van der Waals surface area contributed by atoms with Gasteiger partial charge >= 0.3 is 17.8 Å². The fourth-order valence-corrected chi connectivity index (χ4v) is 3.20. The van der Waals surface area contributed by atoms with Crippen LogP contribution in [0.5, 0.6) is 0 Å². The molecule has 2 N–H and O–H groups in total. The summed E-state index contributed by atoms with van der Waals surface area (Å²) in [5.74, 6) is -1.42. The highest BCUT2D eigenvalue weighted by Crippen LogP contribution is 2.36. The Morgan fingerprint density at radius 2 is 1.68 bits per heavy atom. The molecule has 7 nitrogen and oxygen atoms in total. The highest BCUT2D eigenvalue weighted by atomic mass is 16.5. The van der Waals surface area contributed by atoms with E-state index in [1.807, 2.05) is 0 Å². The van der Waals surface area contributed by atoms with E-state index in [9.17, 15) is 14.4 Å². The minimum Gasteiger partial charge on any atom is -0.462 e. The molecule has 1 fully saturated rings. The zero-order valence-electron chi connectivity index (χ0n) is 17.0. The van der Waals surface area contributed by atoms with Gasteiger partial charge in [-0.25, -0.2) is 10.2 Å². The summed E-state index contributed by atoms with van der Waals surface area (Å²) in [6, 6.07) is 6.13. The molecule has 0 unspecified atom stereocenters. The Bertz CT molecular complexity index is 738. The van der Waals surface area contributed by atoms with Crippen molar-refractivity contribution >= 4 is 29.2 Å². The molecule has 7 heteroatoms. The minimum atomic E-state index is -0.820. The lowest BCUT2D eigenvalue weighted by Gasteiger charge is -2.34. The summed E-state index contributed by atoms with van der Waals surface area (Å²) in [5, 5.41) is 6.60. The van der Waals surface area contributed by atoms with E-state index < -0.39 is 17.8 Å². The van der Waals surface area contributed by atoms with Crippen molar-refractivity contribution in [3.05, 3.63) is 29.8 Å². The van der Waals surface area contributed by atoms with E-state index in [0.717, 1.165) is 31.4 Å².